The molecule has 0 saturated carbocycles. The fraction of sp³-hybridized carbons (Fsp3) is 0.148. The first-order valence-corrected chi connectivity index (χ1v) is 12.9. The number of nitro benzene ring substituents is 1. The number of halogens is 2. The van der Waals surface area contributed by atoms with Crippen LogP contribution in [0.15, 0.2) is 80.1 Å². The molecule has 0 aliphatic carbocycles. The minimum Gasteiger partial charge on any atom is -0.463 e. The van der Waals surface area contributed by atoms with Crippen molar-refractivity contribution in [3.63, 3.8) is 0 Å². The molecule has 0 radical (unpaired) electrons. The molecule has 0 fully saturated rings. The average Bonchev–Trinajstić information content (AvgIpc) is 3.48. The van der Waals surface area contributed by atoms with Gasteiger partial charge in [-0.1, -0.05) is 35.1 Å². The number of carbonyl (C=O) groups is 1. The van der Waals surface area contributed by atoms with E-state index in [-0.39, 0.29) is 33.2 Å². The third kappa shape index (κ3) is 4.93. The van der Waals surface area contributed by atoms with E-state index < -0.39 is 28.3 Å². The van der Waals surface area contributed by atoms with E-state index in [9.17, 15) is 24.1 Å². The number of allylic oxidation sites excluding steroid dienone is 1. The molecule has 0 unspecified atom stereocenters. The standard InChI is InChI=1S/C27H19ClFN3O6S/c1-3-37-26(34)23-14(2)30-27-31(24(23)15-4-6-16(29)7-5-15)25(33)22(39-27)13-18-9-11-21(38-18)19-12-17(32(35)36)8-10-20(19)28/h4-13,24H,3H2,1-2H3/b22-13-/t24-/m1/s1. The number of hydrogen-bond donors (Lipinski definition) is 0. The molecule has 0 spiro atoms. The second kappa shape index (κ2) is 10.4. The van der Waals surface area contributed by atoms with Gasteiger partial charge in [0, 0.05) is 23.8 Å². The predicted molar refractivity (Wildman–Crippen MR) is 143 cm³/mol. The zero-order valence-electron chi connectivity index (χ0n) is 20.5. The second-order valence-corrected chi connectivity index (χ2v) is 9.89. The lowest BCUT2D eigenvalue weighted by Crippen LogP contribution is -2.39. The van der Waals surface area contributed by atoms with Crippen molar-refractivity contribution < 1.29 is 23.3 Å². The van der Waals surface area contributed by atoms with E-state index in [4.69, 9.17) is 20.8 Å². The Labute approximate surface area is 228 Å². The number of carbonyl (C=O) groups excluding carboxylic acids is 1. The van der Waals surface area contributed by atoms with Crippen molar-refractivity contribution in [2.45, 2.75) is 19.9 Å². The number of nitro groups is 1. The number of esters is 1. The lowest BCUT2D eigenvalue weighted by molar-refractivity contribution is -0.384. The molecule has 1 atom stereocenters. The zero-order valence-corrected chi connectivity index (χ0v) is 22.1. The summed E-state index contributed by atoms with van der Waals surface area (Å²) in [5, 5.41) is 11.4. The van der Waals surface area contributed by atoms with Crippen molar-refractivity contribution >= 4 is 40.7 Å². The molecule has 39 heavy (non-hydrogen) atoms. The van der Waals surface area contributed by atoms with E-state index in [1.165, 1.54) is 53.1 Å². The van der Waals surface area contributed by atoms with Crippen molar-refractivity contribution in [3.8, 4) is 11.3 Å². The molecule has 0 saturated heterocycles. The molecule has 0 bridgehead atoms. The maximum atomic E-state index is 13.7. The van der Waals surface area contributed by atoms with E-state index in [0.717, 1.165) is 11.3 Å². The fourth-order valence-corrected chi connectivity index (χ4v) is 5.51. The lowest BCUT2D eigenvalue weighted by atomic mass is 9.96. The van der Waals surface area contributed by atoms with Crippen molar-refractivity contribution in [1.29, 1.82) is 0 Å². The Morgan fingerprint density at radius 1 is 1.26 bits per heavy atom. The number of non-ortho nitro benzene ring substituents is 1. The first kappa shape index (κ1) is 26.3. The van der Waals surface area contributed by atoms with Gasteiger partial charge in [0.2, 0.25) is 0 Å². The largest absolute Gasteiger partial charge is 0.463 e. The maximum Gasteiger partial charge on any atom is 0.338 e. The summed E-state index contributed by atoms with van der Waals surface area (Å²) in [6.07, 6.45) is 1.52. The Morgan fingerprint density at radius 3 is 2.69 bits per heavy atom. The average molecular weight is 568 g/mol. The molecule has 1 aliphatic heterocycles. The van der Waals surface area contributed by atoms with Gasteiger partial charge in [0.25, 0.3) is 11.2 Å². The minimum atomic E-state index is -0.876. The van der Waals surface area contributed by atoms with Crippen LogP contribution in [0.4, 0.5) is 10.1 Å². The lowest BCUT2D eigenvalue weighted by Gasteiger charge is -2.24. The molecule has 9 nitrogen and oxygen atoms in total. The van der Waals surface area contributed by atoms with Gasteiger partial charge in [-0.05, 0) is 49.7 Å². The Kier molecular flexibility index (Phi) is 7.02. The van der Waals surface area contributed by atoms with Crippen molar-refractivity contribution in [1.82, 2.24) is 4.57 Å². The van der Waals surface area contributed by atoms with Crippen LogP contribution in [0.1, 0.15) is 31.2 Å². The van der Waals surface area contributed by atoms with E-state index in [1.54, 1.807) is 26.0 Å². The fourth-order valence-electron chi connectivity index (χ4n) is 4.27. The molecule has 3 heterocycles. The van der Waals surface area contributed by atoms with Gasteiger partial charge in [0.1, 0.15) is 17.3 Å². The first-order valence-electron chi connectivity index (χ1n) is 11.7. The van der Waals surface area contributed by atoms with Crippen LogP contribution in [0.2, 0.25) is 5.02 Å². The minimum absolute atomic E-state index is 0.131. The third-order valence-electron chi connectivity index (χ3n) is 6.03. The molecule has 12 heteroatoms. The molecule has 4 aromatic rings. The monoisotopic (exact) mass is 567 g/mol. The molecule has 0 N–H and O–H groups in total. The molecule has 0 amide bonds. The summed E-state index contributed by atoms with van der Waals surface area (Å²) in [5.41, 5.74) is 0.835. The highest BCUT2D eigenvalue weighted by molar-refractivity contribution is 7.07. The number of thiazole rings is 1. The molecule has 1 aliphatic rings. The number of hydrogen-bond acceptors (Lipinski definition) is 8. The number of aromatic nitrogens is 1. The van der Waals surface area contributed by atoms with Crippen LogP contribution in [0.25, 0.3) is 17.4 Å². The molecule has 198 valence electrons. The highest BCUT2D eigenvalue weighted by atomic mass is 35.5. The predicted octanol–water partition coefficient (Wildman–Crippen LogP) is 4.76. The molecule has 2 aromatic carbocycles. The summed E-state index contributed by atoms with van der Waals surface area (Å²) in [5.74, 6) is -0.487. The van der Waals surface area contributed by atoms with Crippen LogP contribution in [0.5, 0.6) is 0 Å². The summed E-state index contributed by atoms with van der Waals surface area (Å²) in [7, 11) is 0. The van der Waals surface area contributed by atoms with Crippen LogP contribution in [-0.4, -0.2) is 22.1 Å². The Balaban J connectivity index is 1.62. The van der Waals surface area contributed by atoms with Gasteiger partial charge in [-0.25, -0.2) is 14.2 Å². The molecular weight excluding hydrogens is 549 g/mol. The van der Waals surface area contributed by atoms with E-state index in [1.807, 2.05) is 0 Å². The number of furan rings is 1. The number of rotatable bonds is 6. The number of ether oxygens (including phenoxy) is 1. The van der Waals surface area contributed by atoms with Crippen LogP contribution in [-0.2, 0) is 9.53 Å². The quantitative estimate of drug-likeness (QED) is 0.188. The Morgan fingerprint density at radius 2 is 2.00 bits per heavy atom. The van der Waals surface area contributed by atoms with E-state index in [2.05, 4.69) is 4.99 Å². The summed E-state index contributed by atoms with van der Waals surface area (Å²) in [6.45, 7) is 3.46. The summed E-state index contributed by atoms with van der Waals surface area (Å²) < 4.78 is 26.4. The Bertz CT molecular complexity index is 1840. The SMILES string of the molecule is CCOC(=O)C1=C(C)N=c2s/c(=C\c3ccc(-c4cc([N+](=O)[O-])ccc4Cl)o3)c(=O)n2[C@@H]1c1ccc(F)cc1. The van der Waals surface area contributed by atoms with E-state index in [0.29, 0.717) is 27.4 Å². The van der Waals surface area contributed by atoms with Gasteiger partial charge in [0.05, 0.1) is 38.4 Å². The van der Waals surface area contributed by atoms with Crippen molar-refractivity contribution in [2.75, 3.05) is 6.61 Å². The smallest absolute Gasteiger partial charge is 0.338 e. The summed E-state index contributed by atoms with van der Waals surface area (Å²) in [4.78, 5) is 42.0. The molecule has 2 aromatic heterocycles. The van der Waals surface area contributed by atoms with Gasteiger partial charge in [0.15, 0.2) is 4.80 Å². The Hall–Kier alpha value is -4.35. The van der Waals surface area contributed by atoms with Gasteiger partial charge in [-0.3, -0.25) is 19.5 Å². The van der Waals surface area contributed by atoms with Crippen LogP contribution < -0.4 is 14.9 Å². The first-order chi connectivity index (χ1) is 18.7. The molecular formula is C27H19ClFN3O6S. The number of nitrogens with zero attached hydrogens (tertiary/aromatic N) is 3. The van der Waals surface area contributed by atoms with Crippen LogP contribution in [0, 0.1) is 15.9 Å². The zero-order chi connectivity index (χ0) is 27.8. The van der Waals surface area contributed by atoms with Crippen molar-refractivity contribution in [2.24, 2.45) is 4.99 Å². The highest BCUT2D eigenvalue weighted by Gasteiger charge is 2.33. The van der Waals surface area contributed by atoms with Crippen LogP contribution >= 0.6 is 22.9 Å². The normalized spacial score (nSPS) is 15.2. The molecule has 5 rings (SSSR count). The highest BCUT2D eigenvalue weighted by Crippen LogP contribution is 2.33. The topological polar surface area (TPSA) is 117 Å². The van der Waals surface area contributed by atoms with E-state index >= 15 is 0 Å². The maximum absolute atomic E-state index is 13.7. The van der Waals surface area contributed by atoms with Gasteiger partial charge >= 0.3 is 5.97 Å². The van der Waals surface area contributed by atoms with Crippen LogP contribution in [0.3, 0.4) is 0 Å². The third-order valence-corrected chi connectivity index (χ3v) is 7.34. The van der Waals surface area contributed by atoms with Crippen molar-refractivity contribution in [3.05, 3.63) is 118 Å². The number of fused-ring (bicyclic) bond motifs is 1. The summed E-state index contributed by atoms with van der Waals surface area (Å²) >= 11 is 7.33. The summed E-state index contributed by atoms with van der Waals surface area (Å²) in [6, 6.07) is 11.9. The van der Waals surface area contributed by atoms with Gasteiger partial charge in [-0.2, -0.15) is 0 Å². The number of benzene rings is 2. The second-order valence-electron chi connectivity index (χ2n) is 8.48. The van der Waals surface area contributed by atoms with Gasteiger partial charge in [-0.15, -0.1) is 0 Å². The van der Waals surface area contributed by atoms with Gasteiger partial charge < -0.3 is 9.15 Å².